The molecule has 82 valence electrons. The van der Waals surface area contributed by atoms with Crippen LogP contribution >= 0.6 is 11.6 Å². The lowest BCUT2D eigenvalue weighted by Crippen LogP contribution is -2.13. The summed E-state index contributed by atoms with van der Waals surface area (Å²) in [5, 5.41) is 9.47. The summed E-state index contributed by atoms with van der Waals surface area (Å²) in [7, 11) is 0. The van der Waals surface area contributed by atoms with Gasteiger partial charge in [-0.15, -0.1) is 0 Å². The van der Waals surface area contributed by atoms with Gasteiger partial charge >= 0.3 is 5.69 Å². The lowest BCUT2D eigenvalue weighted by Gasteiger charge is -2.08. The number of nitrogens with zero attached hydrogens (tertiary/aromatic N) is 2. The Balaban J connectivity index is 2.34. The standard InChI is InChI=1S/C10H9ClN4O/c1-6-7(11)3-2-4-8(6)13-9-5-12-15-10(16)14-9/h2-5H,1H3,(H2,13,14,15,16). The highest BCUT2D eigenvalue weighted by molar-refractivity contribution is 6.31. The molecule has 2 aromatic rings. The van der Waals surface area contributed by atoms with E-state index < -0.39 is 5.69 Å². The third kappa shape index (κ3) is 2.20. The molecule has 1 aromatic carbocycles. The average molecular weight is 237 g/mol. The van der Waals surface area contributed by atoms with E-state index in [0.717, 1.165) is 11.3 Å². The smallest absolute Gasteiger partial charge is 0.338 e. The molecule has 0 atom stereocenters. The lowest BCUT2D eigenvalue weighted by molar-refractivity contribution is 0.918. The van der Waals surface area contributed by atoms with Gasteiger partial charge < -0.3 is 5.32 Å². The minimum Gasteiger partial charge on any atom is -0.338 e. The van der Waals surface area contributed by atoms with Gasteiger partial charge in [0.2, 0.25) is 0 Å². The summed E-state index contributed by atoms with van der Waals surface area (Å²) >= 11 is 5.97. The SMILES string of the molecule is Cc1c(Cl)cccc1Nc1cn[nH]c(=O)n1. The Morgan fingerprint density at radius 2 is 2.25 bits per heavy atom. The molecule has 0 aliphatic heterocycles. The Labute approximate surface area is 96.5 Å². The zero-order chi connectivity index (χ0) is 11.5. The molecule has 0 aliphatic carbocycles. The Morgan fingerprint density at radius 1 is 1.44 bits per heavy atom. The van der Waals surface area contributed by atoms with E-state index in [2.05, 4.69) is 20.5 Å². The number of H-pyrrole nitrogens is 1. The van der Waals surface area contributed by atoms with Crippen LogP contribution < -0.4 is 11.0 Å². The van der Waals surface area contributed by atoms with Gasteiger partial charge in [-0.2, -0.15) is 10.1 Å². The maximum absolute atomic E-state index is 10.9. The van der Waals surface area contributed by atoms with E-state index >= 15 is 0 Å². The quantitative estimate of drug-likeness (QED) is 0.835. The predicted molar refractivity (Wildman–Crippen MR) is 62.1 cm³/mol. The van der Waals surface area contributed by atoms with Gasteiger partial charge in [0.05, 0.1) is 6.20 Å². The Kier molecular flexibility index (Phi) is 2.87. The highest BCUT2D eigenvalue weighted by Crippen LogP contribution is 2.24. The van der Waals surface area contributed by atoms with Crippen LogP contribution in [0.1, 0.15) is 5.56 Å². The fourth-order valence-electron chi connectivity index (χ4n) is 1.25. The highest BCUT2D eigenvalue weighted by atomic mass is 35.5. The number of nitrogens with one attached hydrogen (secondary N) is 2. The van der Waals surface area contributed by atoms with Gasteiger partial charge in [0.25, 0.3) is 0 Å². The van der Waals surface area contributed by atoms with Crippen molar-refractivity contribution < 1.29 is 0 Å². The molecule has 0 aliphatic rings. The molecular weight excluding hydrogens is 228 g/mol. The molecule has 0 radical (unpaired) electrons. The van der Waals surface area contributed by atoms with Crippen LogP contribution in [0.5, 0.6) is 0 Å². The molecular formula is C10H9ClN4O. The van der Waals surface area contributed by atoms with Crippen molar-refractivity contribution in [1.82, 2.24) is 15.2 Å². The largest absolute Gasteiger partial charge is 0.363 e. The summed E-state index contributed by atoms with van der Waals surface area (Å²) < 4.78 is 0. The molecule has 0 saturated heterocycles. The Bertz CT molecular complexity index is 567. The van der Waals surface area contributed by atoms with Crippen molar-refractivity contribution in [3.63, 3.8) is 0 Å². The highest BCUT2D eigenvalue weighted by Gasteiger charge is 2.03. The van der Waals surface area contributed by atoms with Crippen LogP contribution in [0.3, 0.4) is 0 Å². The first-order chi connectivity index (χ1) is 7.66. The van der Waals surface area contributed by atoms with Gasteiger partial charge in [-0.1, -0.05) is 17.7 Å². The van der Waals surface area contributed by atoms with Gasteiger partial charge in [0.15, 0.2) is 5.82 Å². The van der Waals surface area contributed by atoms with Crippen LogP contribution in [0.15, 0.2) is 29.2 Å². The van der Waals surface area contributed by atoms with E-state index in [9.17, 15) is 4.79 Å². The van der Waals surface area contributed by atoms with Crippen LogP contribution in [-0.2, 0) is 0 Å². The van der Waals surface area contributed by atoms with E-state index in [-0.39, 0.29) is 0 Å². The molecule has 1 aromatic heterocycles. The van der Waals surface area contributed by atoms with Crippen LogP contribution in [0, 0.1) is 6.92 Å². The summed E-state index contributed by atoms with van der Waals surface area (Å²) in [6, 6.07) is 5.47. The van der Waals surface area contributed by atoms with Crippen LogP contribution in [0.25, 0.3) is 0 Å². The second kappa shape index (κ2) is 4.32. The van der Waals surface area contributed by atoms with E-state index in [1.54, 1.807) is 6.07 Å². The number of aromatic amines is 1. The molecule has 2 N–H and O–H groups in total. The fraction of sp³-hybridized carbons (Fsp3) is 0.100. The normalized spacial score (nSPS) is 10.1. The number of hydrogen-bond acceptors (Lipinski definition) is 4. The molecule has 0 unspecified atom stereocenters. The molecule has 6 heteroatoms. The third-order valence-electron chi connectivity index (χ3n) is 2.10. The fourth-order valence-corrected chi connectivity index (χ4v) is 1.43. The number of rotatable bonds is 2. The van der Waals surface area contributed by atoms with Crippen molar-refractivity contribution >= 4 is 23.1 Å². The minimum absolute atomic E-state index is 0.383. The van der Waals surface area contributed by atoms with Gasteiger partial charge in [0, 0.05) is 10.7 Å². The number of benzene rings is 1. The topological polar surface area (TPSA) is 70.7 Å². The van der Waals surface area contributed by atoms with Crippen molar-refractivity contribution in [2.45, 2.75) is 6.92 Å². The van der Waals surface area contributed by atoms with Crippen molar-refractivity contribution in [2.75, 3.05) is 5.32 Å². The average Bonchev–Trinajstić information content (AvgIpc) is 2.25. The second-order valence-electron chi connectivity index (χ2n) is 3.21. The summed E-state index contributed by atoms with van der Waals surface area (Å²) in [6.45, 7) is 1.88. The van der Waals surface area contributed by atoms with Gasteiger partial charge in [-0.05, 0) is 24.6 Å². The molecule has 0 saturated carbocycles. The molecule has 0 spiro atoms. The number of hydrogen-bond donors (Lipinski definition) is 2. The van der Waals surface area contributed by atoms with E-state index in [4.69, 9.17) is 11.6 Å². The van der Waals surface area contributed by atoms with E-state index in [1.807, 2.05) is 19.1 Å². The molecule has 0 fully saturated rings. The predicted octanol–water partition coefficient (Wildman–Crippen LogP) is 1.87. The zero-order valence-electron chi connectivity index (χ0n) is 8.49. The first-order valence-corrected chi connectivity index (χ1v) is 4.98. The van der Waals surface area contributed by atoms with Crippen LogP contribution in [-0.4, -0.2) is 15.2 Å². The first kappa shape index (κ1) is 10.6. The molecule has 0 bridgehead atoms. The van der Waals surface area contributed by atoms with Crippen molar-refractivity contribution in [1.29, 1.82) is 0 Å². The van der Waals surface area contributed by atoms with Crippen molar-refractivity contribution in [2.24, 2.45) is 0 Å². The van der Waals surface area contributed by atoms with Gasteiger partial charge in [-0.3, -0.25) is 0 Å². The molecule has 1 heterocycles. The number of anilines is 2. The lowest BCUT2D eigenvalue weighted by atomic mass is 10.2. The first-order valence-electron chi connectivity index (χ1n) is 4.60. The molecule has 16 heavy (non-hydrogen) atoms. The Hall–Kier alpha value is -1.88. The summed E-state index contributed by atoms with van der Waals surface area (Å²) in [5.74, 6) is 0.383. The zero-order valence-corrected chi connectivity index (χ0v) is 9.25. The third-order valence-corrected chi connectivity index (χ3v) is 2.51. The van der Waals surface area contributed by atoms with E-state index in [1.165, 1.54) is 6.20 Å². The van der Waals surface area contributed by atoms with Gasteiger partial charge in [0.1, 0.15) is 0 Å². The minimum atomic E-state index is -0.496. The number of halogens is 1. The van der Waals surface area contributed by atoms with E-state index in [0.29, 0.717) is 10.8 Å². The number of aromatic nitrogens is 3. The maximum Gasteiger partial charge on any atom is 0.363 e. The Morgan fingerprint density at radius 3 is 3.00 bits per heavy atom. The summed E-state index contributed by atoms with van der Waals surface area (Å²) in [4.78, 5) is 14.6. The maximum atomic E-state index is 10.9. The van der Waals surface area contributed by atoms with Gasteiger partial charge in [-0.25, -0.2) is 9.89 Å². The molecule has 5 nitrogen and oxygen atoms in total. The van der Waals surface area contributed by atoms with Crippen molar-refractivity contribution in [3.8, 4) is 0 Å². The molecule has 0 amide bonds. The monoisotopic (exact) mass is 236 g/mol. The summed E-state index contributed by atoms with van der Waals surface area (Å²) in [6.07, 6.45) is 1.43. The van der Waals surface area contributed by atoms with Crippen molar-refractivity contribution in [3.05, 3.63) is 45.5 Å². The summed E-state index contributed by atoms with van der Waals surface area (Å²) in [5.41, 5.74) is 1.20. The van der Waals surface area contributed by atoms with Crippen LogP contribution in [0.4, 0.5) is 11.5 Å². The molecule has 2 rings (SSSR count). The second-order valence-corrected chi connectivity index (χ2v) is 3.62. The van der Waals surface area contributed by atoms with Crippen LogP contribution in [0.2, 0.25) is 5.02 Å².